The molecular weight excluding hydrogens is 514 g/mol. The molecule has 0 amide bonds. The molecule has 3 heterocycles. The van der Waals surface area contributed by atoms with Crippen molar-refractivity contribution >= 4 is 11.4 Å². The number of anilines is 1. The Morgan fingerprint density at radius 1 is 1.02 bits per heavy atom. The van der Waals surface area contributed by atoms with Gasteiger partial charge < -0.3 is 23.9 Å². The topological polar surface area (TPSA) is 65.4 Å². The first-order valence-corrected chi connectivity index (χ1v) is 14.6. The smallest absolute Gasteiger partial charge is 0.147 e. The van der Waals surface area contributed by atoms with Crippen molar-refractivity contribution < 1.29 is 19.0 Å². The molecule has 1 aromatic heterocycles. The lowest BCUT2D eigenvalue weighted by atomic mass is 10.0. The van der Waals surface area contributed by atoms with Crippen LogP contribution in [0.2, 0.25) is 0 Å². The normalized spacial score (nSPS) is 20.7. The Balaban J connectivity index is 1.22. The van der Waals surface area contributed by atoms with E-state index in [1.165, 1.54) is 29.8 Å². The summed E-state index contributed by atoms with van der Waals surface area (Å²) >= 11 is 0. The van der Waals surface area contributed by atoms with Crippen LogP contribution in [0.1, 0.15) is 54.8 Å². The average molecular weight is 556 g/mol. The van der Waals surface area contributed by atoms with Crippen LogP contribution in [-0.4, -0.2) is 49.7 Å². The number of pyridine rings is 1. The monoisotopic (exact) mass is 555 g/mol. The molecule has 2 aliphatic rings. The number of aryl methyl sites for hydroxylation is 3. The number of aromatic nitrogens is 1. The van der Waals surface area contributed by atoms with E-state index >= 15 is 0 Å². The Kier molecular flexibility index (Phi) is 9.57. The molecular formula is C34H41N3O4. The molecule has 2 aliphatic heterocycles. The van der Waals surface area contributed by atoms with Crippen molar-refractivity contribution in [1.29, 1.82) is 0 Å². The SMILES string of the molecule is COc1ccc(O[C@H]2C=C[C@@H](c3ccccc3)O[C@@H]2CON=C(C)CCN2CCCCc3nc(C)c(C)cc32)cc1. The van der Waals surface area contributed by atoms with Gasteiger partial charge in [-0.15, -0.1) is 0 Å². The van der Waals surface area contributed by atoms with E-state index in [0.717, 1.165) is 54.4 Å². The van der Waals surface area contributed by atoms with Crippen LogP contribution >= 0.6 is 0 Å². The minimum Gasteiger partial charge on any atom is -0.497 e. The molecule has 216 valence electrons. The number of hydrogen-bond donors (Lipinski definition) is 0. The van der Waals surface area contributed by atoms with Crippen LogP contribution in [0.5, 0.6) is 11.5 Å². The molecule has 0 aliphatic carbocycles. The lowest BCUT2D eigenvalue weighted by molar-refractivity contribution is -0.0878. The molecule has 0 N–H and O–H groups in total. The molecule has 7 heteroatoms. The molecule has 0 unspecified atom stereocenters. The fraction of sp³-hybridized carbons (Fsp3) is 0.412. The van der Waals surface area contributed by atoms with Crippen LogP contribution in [0.15, 0.2) is 78.0 Å². The average Bonchev–Trinajstić information content (AvgIpc) is 3.19. The molecule has 5 rings (SSSR count). The van der Waals surface area contributed by atoms with E-state index in [-0.39, 0.29) is 24.9 Å². The summed E-state index contributed by atoms with van der Waals surface area (Å²) in [6, 6.07) is 20.0. The van der Waals surface area contributed by atoms with Gasteiger partial charge in [0, 0.05) is 25.2 Å². The molecule has 0 bridgehead atoms. The Morgan fingerprint density at radius 3 is 2.59 bits per heavy atom. The molecule has 2 aromatic carbocycles. The zero-order valence-electron chi connectivity index (χ0n) is 24.6. The third-order valence-electron chi connectivity index (χ3n) is 7.78. The Hall–Kier alpha value is -3.84. The van der Waals surface area contributed by atoms with Gasteiger partial charge in [-0.25, -0.2) is 0 Å². The number of methoxy groups -OCH3 is 1. The molecule has 3 atom stereocenters. The number of ether oxygens (including phenoxy) is 3. The fourth-order valence-electron chi connectivity index (χ4n) is 5.25. The maximum absolute atomic E-state index is 6.47. The van der Waals surface area contributed by atoms with E-state index in [4.69, 9.17) is 24.0 Å². The van der Waals surface area contributed by atoms with Gasteiger partial charge in [0.1, 0.15) is 36.4 Å². The number of nitrogens with zero attached hydrogens (tertiary/aromatic N) is 3. The fourth-order valence-corrected chi connectivity index (χ4v) is 5.25. The maximum atomic E-state index is 6.47. The number of oxime groups is 1. The summed E-state index contributed by atoms with van der Waals surface area (Å²) < 4.78 is 18.0. The highest BCUT2D eigenvalue weighted by atomic mass is 16.6. The van der Waals surface area contributed by atoms with Crippen molar-refractivity contribution in [1.82, 2.24) is 4.98 Å². The largest absolute Gasteiger partial charge is 0.497 e. The van der Waals surface area contributed by atoms with Gasteiger partial charge in [0.2, 0.25) is 0 Å². The molecule has 0 spiro atoms. The maximum Gasteiger partial charge on any atom is 0.147 e. The summed E-state index contributed by atoms with van der Waals surface area (Å²) in [5.74, 6) is 1.52. The zero-order valence-corrected chi connectivity index (χ0v) is 24.6. The third kappa shape index (κ3) is 7.47. The zero-order chi connectivity index (χ0) is 28.6. The van der Waals surface area contributed by atoms with E-state index in [2.05, 4.69) is 48.2 Å². The summed E-state index contributed by atoms with van der Waals surface area (Å²) in [5.41, 5.74) is 6.90. The van der Waals surface area contributed by atoms with E-state index in [1.807, 2.05) is 55.5 Å². The van der Waals surface area contributed by atoms with Crippen molar-refractivity contribution in [2.45, 2.75) is 64.8 Å². The second-order valence-electron chi connectivity index (χ2n) is 10.8. The van der Waals surface area contributed by atoms with Crippen LogP contribution in [-0.2, 0) is 16.0 Å². The second-order valence-corrected chi connectivity index (χ2v) is 10.8. The van der Waals surface area contributed by atoms with E-state index in [1.54, 1.807) is 7.11 Å². The van der Waals surface area contributed by atoms with E-state index in [9.17, 15) is 0 Å². The number of benzene rings is 2. The van der Waals surface area contributed by atoms with Crippen molar-refractivity contribution in [3.05, 3.63) is 95.3 Å². The van der Waals surface area contributed by atoms with Crippen LogP contribution in [0.3, 0.4) is 0 Å². The van der Waals surface area contributed by atoms with Crippen LogP contribution in [0, 0.1) is 13.8 Å². The molecule has 0 saturated heterocycles. The summed E-state index contributed by atoms with van der Waals surface area (Å²) in [6.07, 6.45) is 7.50. The van der Waals surface area contributed by atoms with E-state index in [0.29, 0.717) is 0 Å². The van der Waals surface area contributed by atoms with E-state index < -0.39 is 0 Å². The van der Waals surface area contributed by atoms with Gasteiger partial charge in [0.25, 0.3) is 0 Å². The van der Waals surface area contributed by atoms with Crippen LogP contribution < -0.4 is 14.4 Å². The predicted octanol–water partition coefficient (Wildman–Crippen LogP) is 6.78. The Bertz CT molecular complexity index is 1340. The van der Waals surface area contributed by atoms with Gasteiger partial charge in [-0.1, -0.05) is 41.6 Å². The minimum atomic E-state index is -0.335. The molecule has 0 saturated carbocycles. The van der Waals surface area contributed by atoms with Gasteiger partial charge >= 0.3 is 0 Å². The number of hydrogen-bond acceptors (Lipinski definition) is 7. The lowest BCUT2D eigenvalue weighted by Crippen LogP contribution is -2.39. The Morgan fingerprint density at radius 2 is 1.80 bits per heavy atom. The first kappa shape index (κ1) is 28.7. The number of rotatable bonds is 10. The standard InChI is InChI=1S/C34H41N3O4/c1-24-22-31-30(35-26(24)3)12-8-9-20-37(31)21-19-25(2)36-39-23-34-33(40-29-15-13-28(38-4)14-16-29)18-17-32(41-34)27-10-6-5-7-11-27/h5-7,10-11,13-18,22,32-34H,8-9,12,19-21,23H2,1-4H3/t32-,33-,34+/m0/s1. The van der Waals surface area contributed by atoms with Crippen LogP contribution in [0.25, 0.3) is 0 Å². The molecule has 7 nitrogen and oxygen atoms in total. The third-order valence-corrected chi connectivity index (χ3v) is 7.78. The first-order chi connectivity index (χ1) is 20.0. The van der Waals surface area contributed by atoms with Gasteiger partial charge in [0.15, 0.2) is 0 Å². The highest BCUT2D eigenvalue weighted by Crippen LogP contribution is 2.30. The molecule has 41 heavy (non-hydrogen) atoms. The summed E-state index contributed by atoms with van der Waals surface area (Å²) in [7, 11) is 1.65. The summed E-state index contributed by atoms with van der Waals surface area (Å²) in [6.45, 7) is 8.47. The summed E-state index contributed by atoms with van der Waals surface area (Å²) in [4.78, 5) is 13.2. The minimum absolute atomic E-state index is 0.172. The van der Waals surface area contributed by atoms with Gasteiger partial charge in [0.05, 0.1) is 24.2 Å². The summed E-state index contributed by atoms with van der Waals surface area (Å²) in [5, 5.41) is 4.47. The van der Waals surface area contributed by atoms with Gasteiger partial charge in [-0.2, -0.15) is 0 Å². The predicted molar refractivity (Wildman–Crippen MR) is 163 cm³/mol. The van der Waals surface area contributed by atoms with Crippen molar-refractivity contribution in [3.63, 3.8) is 0 Å². The lowest BCUT2D eigenvalue weighted by Gasteiger charge is -2.32. The van der Waals surface area contributed by atoms with Crippen molar-refractivity contribution in [2.75, 3.05) is 31.7 Å². The van der Waals surface area contributed by atoms with Gasteiger partial charge in [-0.3, -0.25) is 4.98 Å². The van der Waals surface area contributed by atoms with Crippen molar-refractivity contribution in [2.24, 2.45) is 5.16 Å². The number of fused-ring (bicyclic) bond motifs is 1. The quantitative estimate of drug-likeness (QED) is 0.156. The van der Waals surface area contributed by atoms with Crippen LogP contribution in [0.4, 0.5) is 5.69 Å². The van der Waals surface area contributed by atoms with Gasteiger partial charge in [-0.05, 0) is 87.6 Å². The molecule has 0 radical (unpaired) electrons. The highest BCUT2D eigenvalue weighted by Gasteiger charge is 2.30. The first-order valence-electron chi connectivity index (χ1n) is 14.6. The Labute approximate surface area is 243 Å². The second kappa shape index (κ2) is 13.7. The molecule has 0 fully saturated rings. The molecule has 3 aromatic rings. The van der Waals surface area contributed by atoms with Crippen molar-refractivity contribution in [3.8, 4) is 11.5 Å². The highest BCUT2D eigenvalue weighted by molar-refractivity contribution is 5.81.